The molecule has 176 valence electrons. The third kappa shape index (κ3) is 6.16. The molecule has 33 heavy (non-hydrogen) atoms. The fraction of sp³-hybridized carbons (Fsp3) is 0.400. The van der Waals surface area contributed by atoms with Crippen molar-refractivity contribution in [2.75, 3.05) is 25.0 Å². The summed E-state index contributed by atoms with van der Waals surface area (Å²) >= 11 is 0. The normalized spacial score (nSPS) is 14.3. The Balaban J connectivity index is 1.73. The molecule has 0 saturated carbocycles. The number of para-hydroxylation sites is 1. The first-order valence-electron chi connectivity index (χ1n) is 11.1. The summed E-state index contributed by atoms with van der Waals surface area (Å²) in [6.45, 7) is 5.37. The van der Waals surface area contributed by atoms with Crippen LogP contribution in [0, 0.1) is 5.82 Å². The van der Waals surface area contributed by atoms with Crippen LogP contribution < -0.4 is 10.2 Å². The maximum atomic E-state index is 14.6. The minimum atomic E-state index is -0.558. The Labute approximate surface area is 193 Å². The Morgan fingerprint density at radius 2 is 1.88 bits per heavy atom. The SMILES string of the molecule is CC(C)OC1CCN(C(=O)c2cc(CN(C)c3ccccc3C(=O)NC=O)ccc2F)CC1. The van der Waals surface area contributed by atoms with Gasteiger partial charge >= 0.3 is 0 Å². The predicted octanol–water partition coefficient (Wildman–Crippen LogP) is 3.38. The van der Waals surface area contributed by atoms with E-state index >= 15 is 0 Å². The van der Waals surface area contributed by atoms with E-state index in [0.717, 1.165) is 18.4 Å². The molecular weight excluding hydrogens is 425 g/mol. The Kier molecular flexibility index (Phi) is 8.16. The number of imide groups is 1. The highest BCUT2D eigenvalue weighted by atomic mass is 19.1. The Morgan fingerprint density at radius 1 is 1.18 bits per heavy atom. The summed E-state index contributed by atoms with van der Waals surface area (Å²) in [4.78, 5) is 39.4. The van der Waals surface area contributed by atoms with Gasteiger partial charge in [0.05, 0.1) is 23.3 Å². The maximum absolute atomic E-state index is 14.6. The third-order valence-corrected chi connectivity index (χ3v) is 5.62. The molecule has 0 spiro atoms. The quantitative estimate of drug-likeness (QED) is 0.618. The first-order chi connectivity index (χ1) is 15.8. The monoisotopic (exact) mass is 455 g/mol. The van der Waals surface area contributed by atoms with Crippen molar-refractivity contribution in [3.05, 3.63) is 65.0 Å². The number of rotatable bonds is 8. The number of anilines is 1. The van der Waals surface area contributed by atoms with Gasteiger partial charge in [-0.15, -0.1) is 0 Å². The highest BCUT2D eigenvalue weighted by Gasteiger charge is 2.26. The number of benzene rings is 2. The van der Waals surface area contributed by atoms with Gasteiger partial charge in [0.15, 0.2) is 0 Å². The molecule has 1 fully saturated rings. The van der Waals surface area contributed by atoms with Gasteiger partial charge < -0.3 is 14.5 Å². The maximum Gasteiger partial charge on any atom is 0.259 e. The van der Waals surface area contributed by atoms with E-state index in [2.05, 4.69) is 5.32 Å². The number of hydrogen-bond donors (Lipinski definition) is 1. The van der Waals surface area contributed by atoms with Gasteiger partial charge in [-0.05, 0) is 56.5 Å². The molecular formula is C25H30FN3O4. The molecule has 3 amide bonds. The first-order valence-corrected chi connectivity index (χ1v) is 11.1. The van der Waals surface area contributed by atoms with E-state index < -0.39 is 11.7 Å². The lowest BCUT2D eigenvalue weighted by Crippen LogP contribution is -2.41. The minimum Gasteiger partial charge on any atom is -0.375 e. The number of nitrogens with one attached hydrogen (secondary N) is 1. The lowest BCUT2D eigenvalue weighted by atomic mass is 10.0. The molecule has 0 aliphatic carbocycles. The van der Waals surface area contributed by atoms with Gasteiger partial charge in [-0.25, -0.2) is 4.39 Å². The van der Waals surface area contributed by atoms with Crippen LogP contribution in [0.4, 0.5) is 10.1 Å². The molecule has 0 aromatic heterocycles. The molecule has 0 radical (unpaired) electrons. The van der Waals surface area contributed by atoms with E-state index in [1.54, 1.807) is 48.3 Å². The topological polar surface area (TPSA) is 79.0 Å². The summed E-state index contributed by atoms with van der Waals surface area (Å²) in [6, 6.07) is 11.4. The number of likely N-dealkylation sites (tertiary alicyclic amines) is 1. The average Bonchev–Trinajstić information content (AvgIpc) is 2.80. The highest BCUT2D eigenvalue weighted by molar-refractivity contribution is 6.04. The average molecular weight is 456 g/mol. The summed E-state index contributed by atoms with van der Waals surface area (Å²) in [5.74, 6) is -1.39. The minimum absolute atomic E-state index is 0.0381. The number of piperidine rings is 1. The van der Waals surface area contributed by atoms with Crippen LogP contribution in [0.2, 0.25) is 0 Å². The largest absolute Gasteiger partial charge is 0.375 e. The van der Waals surface area contributed by atoms with Gasteiger partial charge in [0.25, 0.3) is 11.8 Å². The molecule has 2 aromatic carbocycles. The second kappa shape index (κ2) is 11.0. The summed E-state index contributed by atoms with van der Waals surface area (Å²) in [7, 11) is 1.79. The van der Waals surface area contributed by atoms with Crippen LogP contribution >= 0.6 is 0 Å². The number of hydrogen-bond acceptors (Lipinski definition) is 5. The molecule has 0 bridgehead atoms. The van der Waals surface area contributed by atoms with Crippen molar-refractivity contribution in [1.82, 2.24) is 10.2 Å². The number of carbonyl (C=O) groups is 3. The Hall–Kier alpha value is -3.26. The molecule has 1 heterocycles. The number of carbonyl (C=O) groups excluding carboxylic acids is 3. The van der Waals surface area contributed by atoms with Crippen molar-refractivity contribution in [3.63, 3.8) is 0 Å². The summed E-state index contributed by atoms with van der Waals surface area (Å²) < 4.78 is 20.4. The van der Waals surface area contributed by atoms with Gasteiger partial charge in [-0.1, -0.05) is 18.2 Å². The fourth-order valence-corrected chi connectivity index (χ4v) is 4.07. The van der Waals surface area contributed by atoms with Crippen molar-refractivity contribution in [3.8, 4) is 0 Å². The van der Waals surface area contributed by atoms with Crippen LogP contribution in [-0.4, -0.2) is 55.5 Å². The van der Waals surface area contributed by atoms with Crippen LogP contribution in [0.25, 0.3) is 0 Å². The van der Waals surface area contributed by atoms with Gasteiger partial charge in [0.2, 0.25) is 6.41 Å². The fourth-order valence-electron chi connectivity index (χ4n) is 4.07. The second-order valence-electron chi connectivity index (χ2n) is 8.46. The zero-order valence-electron chi connectivity index (χ0n) is 19.2. The highest BCUT2D eigenvalue weighted by Crippen LogP contribution is 2.23. The number of ether oxygens (including phenoxy) is 1. The standard InChI is InChI=1S/C25H30FN3O4/c1-17(2)33-19-10-12-29(13-11-19)25(32)21-14-18(8-9-22(21)26)15-28(3)23-7-5-4-6-20(23)24(31)27-16-30/h4-9,14,16-17,19H,10-13,15H2,1-3H3,(H,27,30,31). The molecule has 8 heteroatoms. The molecule has 1 aliphatic rings. The van der Waals surface area contributed by atoms with Gasteiger partial charge in [-0.2, -0.15) is 0 Å². The van der Waals surface area contributed by atoms with Crippen LogP contribution in [0.1, 0.15) is 53.0 Å². The van der Waals surface area contributed by atoms with Crippen molar-refractivity contribution in [2.45, 2.75) is 45.4 Å². The van der Waals surface area contributed by atoms with Gasteiger partial charge in [0.1, 0.15) is 5.82 Å². The van der Waals surface area contributed by atoms with E-state index in [-0.39, 0.29) is 23.7 Å². The number of amides is 3. The van der Waals surface area contributed by atoms with Crippen LogP contribution in [0.5, 0.6) is 0 Å². The Bertz CT molecular complexity index is 1000. The Morgan fingerprint density at radius 3 is 2.55 bits per heavy atom. The van der Waals surface area contributed by atoms with Gasteiger partial charge in [0, 0.05) is 32.4 Å². The zero-order valence-corrected chi connectivity index (χ0v) is 19.2. The molecule has 0 unspecified atom stereocenters. The molecule has 7 nitrogen and oxygen atoms in total. The van der Waals surface area contributed by atoms with Gasteiger partial charge in [-0.3, -0.25) is 19.7 Å². The molecule has 1 saturated heterocycles. The predicted molar refractivity (Wildman–Crippen MR) is 124 cm³/mol. The van der Waals surface area contributed by atoms with E-state index in [9.17, 15) is 18.8 Å². The zero-order chi connectivity index (χ0) is 24.0. The molecule has 1 N–H and O–H groups in total. The summed E-state index contributed by atoms with van der Waals surface area (Å²) in [5.41, 5.74) is 1.72. The third-order valence-electron chi connectivity index (χ3n) is 5.62. The molecule has 3 rings (SSSR count). The van der Waals surface area contributed by atoms with E-state index in [1.165, 1.54) is 6.07 Å². The van der Waals surface area contributed by atoms with E-state index in [4.69, 9.17) is 4.74 Å². The lowest BCUT2D eigenvalue weighted by Gasteiger charge is -2.33. The lowest BCUT2D eigenvalue weighted by molar-refractivity contribution is -0.108. The summed E-state index contributed by atoms with van der Waals surface area (Å²) in [6.07, 6.45) is 2.06. The van der Waals surface area contributed by atoms with E-state index in [1.807, 2.05) is 18.7 Å². The molecule has 0 atom stereocenters. The van der Waals surface area contributed by atoms with Crippen LogP contribution in [-0.2, 0) is 16.1 Å². The first kappa shape index (κ1) is 24.4. The molecule has 2 aromatic rings. The summed E-state index contributed by atoms with van der Waals surface area (Å²) in [5, 5.41) is 2.15. The van der Waals surface area contributed by atoms with Crippen molar-refractivity contribution in [2.24, 2.45) is 0 Å². The van der Waals surface area contributed by atoms with E-state index in [0.29, 0.717) is 37.3 Å². The van der Waals surface area contributed by atoms with Crippen molar-refractivity contribution < 1.29 is 23.5 Å². The van der Waals surface area contributed by atoms with Crippen molar-refractivity contribution in [1.29, 1.82) is 0 Å². The van der Waals surface area contributed by atoms with Crippen LogP contribution in [0.3, 0.4) is 0 Å². The van der Waals surface area contributed by atoms with Crippen LogP contribution in [0.15, 0.2) is 42.5 Å². The number of halogens is 1. The smallest absolute Gasteiger partial charge is 0.259 e. The number of nitrogens with zero attached hydrogens (tertiary/aromatic N) is 2. The molecule has 1 aliphatic heterocycles. The second-order valence-corrected chi connectivity index (χ2v) is 8.46. The van der Waals surface area contributed by atoms with Crippen molar-refractivity contribution >= 4 is 23.9 Å².